The highest BCUT2D eigenvalue weighted by atomic mass is 16.3. The summed E-state index contributed by atoms with van der Waals surface area (Å²) in [6.07, 6.45) is 0.723. The Balaban J connectivity index is 1.85. The molecule has 0 heterocycles. The number of hydrogen-bond acceptors (Lipinski definition) is 1. The molecule has 1 nitrogen and oxygen atoms in total. The van der Waals surface area contributed by atoms with E-state index in [1.807, 2.05) is 24.3 Å². The topological polar surface area (TPSA) is 20.2 Å². The van der Waals surface area contributed by atoms with Crippen LogP contribution in [0, 0.1) is 6.92 Å². The molecule has 0 saturated heterocycles. The number of para-hydroxylation sites is 1. The third kappa shape index (κ3) is 3.50. The van der Waals surface area contributed by atoms with Gasteiger partial charge in [-0.15, -0.1) is 0 Å². The van der Waals surface area contributed by atoms with Crippen LogP contribution in [0.3, 0.4) is 0 Å². The van der Waals surface area contributed by atoms with Crippen molar-refractivity contribution < 1.29 is 5.11 Å². The maximum Gasteiger partial charge on any atom is 0.126 e. The zero-order chi connectivity index (χ0) is 21.4. The fourth-order valence-electron chi connectivity index (χ4n) is 4.74. The van der Waals surface area contributed by atoms with Gasteiger partial charge in [0, 0.05) is 17.9 Å². The second-order valence-electron chi connectivity index (χ2n) is 8.62. The van der Waals surface area contributed by atoms with Crippen molar-refractivity contribution in [2.24, 2.45) is 0 Å². The molecule has 0 saturated carbocycles. The quantitative estimate of drug-likeness (QED) is 0.480. The molecule has 30 heavy (non-hydrogen) atoms. The van der Waals surface area contributed by atoms with E-state index in [0.717, 1.165) is 23.1 Å². The molecule has 3 aromatic rings. The minimum atomic E-state index is 0.276. The lowest BCUT2D eigenvalue weighted by Crippen LogP contribution is -2.03. The molecule has 1 aliphatic carbocycles. The van der Waals surface area contributed by atoms with Crippen LogP contribution in [-0.2, 0) is 6.42 Å². The molecule has 0 radical (unpaired) electrons. The van der Waals surface area contributed by atoms with Crippen molar-refractivity contribution in [2.45, 2.75) is 47.0 Å². The van der Waals surface area contributed by atoms with E-state index in [1.165, 1.54) is 39.0 Å². The zero-order valence-electron chi connectivity index (χ0n) is 18.6. The Hall–Kier alpha value is -3.06. The molecule has 0 bridgehead atoms. The van der Waals surface area contributed by atoms with Crippen LogP contribution in [0.4, 0.5) is 0 Å². The van der Waals surface area contributed by atoms with Crippen LogP contribution in [0.5, 0.6) is 5.75 Å². The summed E-state index contributed by atoms with van der Waals surface area (Å²) in [7, 11) is 0. The maximum atomic E-state index is 11.3. The van der Waals surface area contributed by atoms with Gasteiger partial charge in [-0.05, 0) is 68.0 Å². The average molecular weight is 395 g/mol. The van der Waals surface area contributed by atoms with E-state index < -0.39 is 0 Å². The zero-order valence-corrected chi connectivity index (χ0v) is 18.6. The summed E-state index contributed by atoms with van der Waals surface area (Å²) in [5, 5.41) is 11.3. The van der Waals surface area contributed by atoms with E-state index in [1.54, 1.807) is 0 Å². The largest absolute Gasteiger partial charge is 0.507 e. The summed E-state index contributed by atoms with van der Waals surface area (Å²) in [6.45, 7) is 11.1. The fourth-order valence-corrected chi connectivity index (χ4v) is 4.74. The molecule has 0 spiro atoms. The average Bonchev–Trinajstić information content (AvgIpc) is 2.93. The normalized spacial score (nSPS) is 14.7. The molecule has 1 N–H and O–H groups in total. The second kappa shape index (κ2) is 7.99. The van der Waals surface area contributed by atoms with E-state index in [0.29, 0.717) is 5.75 Å². The summed E-state index contributed by atoms with van der Waals surface area (Å²) in [4.78, 5) is 0. The van der Waals surface area contributed by atoms with Crippen molar-refractivity contribution in [3.05, 3.63) is 111 Å². The maximum absolute atomic E-state index is 11.3. The number of phenols is 1. The predicted octanol–water partition coefficient (Wildman–Crippen LogP) is 7.73. The van der Waals surface area contributed by atoms with Crippen molar-refractivity contribution >= 4 is 0 Å². The van der Waals surface area contributed by atoms with Crippen LogP contribution in [0.1, 0.15) is 55.9 Å². The molecule has 0 unspecified atom stereocenters. The van der Waals surface area contributed by atoms with E-state index in [4.69, 9.17) is 0 Å². The molecular weight excluding hydrogens is 364 g/mol. The number of hydrogen-bond donors (Lipinski definition) is 1. The van der Waals surface area contributed by atoms with Gasteiger partial charge in [-0.2, -0.15) is 0 Å². The van der Waals surface area contributed by atoms with Crippen molar-refractivity contribution in [2.75, 3.05) is 0 Å². The first-order valence-corrected chi connectivity index (χ1v) is 10.7. The number of benzene rings is 3. The van der Waals surface area contributed by atoms with E-state index >= 15 is 0 Å². The Bertz CT molecular complexity index is 1140. The number of phenolic OH excluding ortho intramolecular Hbond substituents is 1. The Morgan fingerprint density at radius 1 is 0.700 bits per heavy atom. The highest BCUT2D eigenvalue weighted by Gasteiger charge is 2.28. The molecule has 1 aliphatic rings. The molecule has 0 aromatic heterocycles. The summed E-state index contributed by atoms with van der Waals surface area (Å²) < 4.78 is 0. The first-order valence-electron chi connectivity index (χ1n) is 10.7. The fraction of sp³-hybridized carbons (Fsp3) is 0.241. The Morgan fingerprint density at radius 3 is 2.03 bits per heavy atom. The standard InChI is InChI=1S/C29H30O/c1-18-14-15-25(28-21(4)19(2)20(3)22(28)5)27(16-18)26-13-9-12-24(29(26)30)17-23-10-7-6-8-11-23/h6-16,28,30H,17H2,1-5H3. The number of allylic oxidation sites excluding steroid dienone is 4. The molecule has 3 aromatic carbocycles. The van der Waals surface area contributed by atoms with Crippen LogP contribution in [0.25, 0.3) is 11.1 Å². The van der Waals surface area contributed by atoms with Gasteiger partial charge in [0.25, 0.3) is 0 Å². The van der Waals surface area contributed by atoms with Gasteiger partial charge < -0.3 is 5.11 Å². The van der Waals surface area contributed by atoms with Gasteiger partial charge in [0.05, 0.1) is 0 Å². The molecule has 1 heteroatoms. The highest BCUT2D eigenvalue weighted by Crippen LogP contribution is 2.47. The van der Waals surface area contributed by atoms with Gasteiger partial charge in [0.15, 0.2) is 0 Å². The smallest absolute Gasteiger partial charge is 0.126 e. The minimum absolute atomic E-state index is 0.276. The molecule has 4 rings (SSSR count). The molecule has 0 amide bonds. The van der Waals surface area contributed by atoms with Gasteiger partial charge in [0.1, 0.15) is 5.75 Å². The number of aryl methyl sites for hydroxylation is 1. The molecular formula is C29H30O. The summed E-state index contributed by atoms with van der Waals surface area (Å²) in [5.41, 5.74) is 12.3. The second-order valence-corrected chi connectivity index (χ2v) is 8.62. The van der Waals surface area contributed by atoms with E-state index in [2.05, 4.69) is 77.1 Å². The predicted molar refractivity (Wildman–Crippen MR) is 127 cm³/mol. The molecule has 0 fully saturated rings. The Kier molecular flexibility index (Phi) is 5.39. The SMILES string of the molecule is CC1=C(C)C(c2ccc(C)cc2-c2cccc(Cc3ccccc3)c2O)C(C)=C1C. The van der Waals surface area contributed by atoms with Gasteiger partial charge in [-0.3, -0.25) is 0 Å². The Morgan fingerprint density at radius 2 is 1.37 bits per heavy atom. The van der Waals surface area contributed by atoms with Crippen molar-refractivity contribution in [3.8, 4) is 16.9 Å². The molecule has 152 valence electrons. The van der Waals surface area contributed by atoms with E-state index in [9.17, 15) is 5.11 Å². The first-order chi connectivity index (χ1) is 14.4. The van der Waals surface area contributed by atoms with Gasteiger partial charge in [-0.1, -0.05) is 83.4 Å². The van der Waals surface area contributed by atoms with Gasteiger partial charge >= 0.3 is 0 Å². The molecule has 0 aliphatic heterocycles. The monoisotopic (exact) mass is 394 g/mol. The van der Waals surface area contributed by atoms with Gasteiger partial charge in [-0.25, -0.2) is 0 Å². The summed E-state index contributed by atoms with van der Waals surface area (Å²) in [6, 6.07) is 23.1. The lowest BCUT2D eigenvalue weighted by molar-refractivity contribution is 0.471. The highest BCUT2D eigenvalue weighted by molar-refractivity contribution is 5.77. The summed E-state index contributed by atoms with van der Waals surface area (Å²) >= 11 is 0. The van der Waals surface area contributed by atoms with Crippen molar-refractivity contribution in [3.63, 3.8) is 0 Å². The van der Waals surface area contributed by atoms with Crippen LogP contribution >= 0.6 is 0 Å². The van der Waals surface area contributed by atoms with E-state index in [-0.39, 0.29) is 5.92 Å². The van der Waals surface area contributed by atoms with Crippen LogP contribution in [0.2, 0.25) is 0 Å². The number of aromatic hydroxyl groups is 1. The van der Waals surface area contributed by atoms with Gasteiger partial charge in [0.2, 0.25) is 0 Å². The lowest BCUT2D eigenvalue weighted by atomic mass is 9.82. The Labute approximate surface area is 180 Å². The van der Waals surface area contributed by atoms with Crippen LogP contribution in [-0.4, -0.2) is 5.11 Å². The number of rotatable bonds is 4. The third-order valence-corrected chi connectivity index (χ3v) is 6.78. The lowest BCUT2D eigenvalue weighted by Gasteiger charge is -2.22. The van der Waals surface area contributed by atoms with Crippen molar-refractivity contribution in [1.29, 1.82) is 0 Å². The minimum Gasteiger partial charge on any atom is -0.507 e. The molecule has 0 atom stereocenters. The van der Waals surface area contributed by atoms with Crippen molar-refractivity contribution in [1.82, 2.24) is 0 Å². The first kappa shape index (κ1) is 20.2. The summed E-state index contributed by atoms with van der Waals surface area (Å²) in [5.74, 6) is 0.667. The third-order valence-electron chi connectivity index (χ3n) is 6.78. The van der Waals surface area contributed by atoms with Crippen LogP contribution < -0.4 is 0 Å². The van der Waals surface area contributed by atoms with Crippen LogP contribution in [0.15, 0.2) is 89.0 Å².